The van der Waals surface area contributed by atoms with Crippen molar-refractivity contribution in [3.05, 3.63) is 107 Å². The fraction of sp³-hybridized carbons (Fsp3) is 0.172. The normalized spacial score (nSPS) is 15.8. The summed E-state index contributed by atoms with van der Waals surface area (Å²) in [6.45, 7) is 2.21. The third kappa shape index (κ3) is 5.08. The Morgan fingerprint density at radius 3 is 2.80 bits per heavy atom. The number of nitrogens with zero attached hydrogens (tertiary/aromatic N) is 1. The number of halogens is 1. The summed E-state index contributed by atoms with van der Waals surface area (Å²) in [5, 5.41) is 10.2. The zero-order valence-electron chi connectivity index (χ0n) is 19.1. The third-order valence-electron chi connectivity index (χ3n) is 6.09. The molecule has 5 rings (SSSR count). The summed E-state index contributed by atoms with van der Waals surface area (Å²) in [5.41, 5.74) is 5.60. The standard InChI is InChI=1S/C29H24FNO3S/c1-18(29(32)33)17-35-28-24-5-3-2-4-21(24)16-34-27-13-7-19(14-25(27)28)6-11-23-12-9-20-8-10-22(30)15-26(20)31-23/h2-15,18,28H,16-17H2,1H3,(H,32,33)/t18-,28?/m0/s1. The van der Waals surface area contributed by atoms with Gasteiger partial charge in [-0.3, -0.25) is 4.79 Å². The molecule has 4 nitrogen and oxygen atoms in total. The van der Waals surface area contributed by atoms with Crippen molar-refractivity contribution < 1.29 is 19.0 Å². The Bertz CT molecular complexity index is 1430. The Kier molecular flexibility index (Phi) is 6.55. The second-order valence-corrected chi connectivity index (χ2v) is 9.78. The average molecular weight is 486 g/mol. The number of ether oxygens (including phenoxy) is 1. The summed E-state index contributed by atoms with van der Waals surface area (Å²) in [6.07, 6.45) is 3.89. The van der Waals surface area contributed by atoms with Gasteiger partial charge >= 0.3 is 5.97 Å². The van der Waals surface area contributed by atoms with Gasteiger partial charge in [-0.05, 0) is 53.1 Å². The minimum absolute atomic E-state index is 0.0411. The van der Waals surface area contributed by atoms with E-state index in [-0.39, 0.29) is 11.1 Å². The number of thioether (sulfide) groups is 1. The van der Waals surface area contributed by atoms with Gasteiger partial charge < -0.3 is 9.84 Å². The molecular weight excluding hydrogens is 461 g/mol. The zero-order valence-corrected chi connectivity index (χ0v) is 20.0. The highest BCUT2D eigenvalue weighted by atomic mass is 32.2. The van der Waals surface area contributed by atoms with Crippen LogP contribution < -0.4 is 4.74 Å². The molecule has 0 fully saturated rings. The molecule has 1 aliphatic heterocycles. The SMILES string of the molecule is C[C@@H](CSC1c2ccccc2COc2ccc(C=Cc3ccc4ccc(F)cc4n3)cc21)C(=O)O. The number of hydrogen-bond donors (Lipinski definition) is 1. The van der Waals surface area contributed by atoms with E-state index < -0.39 is 11.9 Å². The fourth-order valence-corrected chi connectivity index (χ4v) is 5.52. The number of carboxylic acid groups (broad SMARTS) is 1. The van der Waals surface area contributed by atoms with Crippen LogP contribution in [-0.4, -0.2) is 21.8 Å². The average Bonchev–Trinajstić information content (AvgIpc) is 3.02. The van der Waals surface area contributed by atoms with E-state index >= 15 is 0 Å². The predicted molar refractivity (Wildman–Crippen MR) is 139 cm³/mol. The molecule has 2 atom stereocenters. The van der Waals surface area contributed by atoms with Gasteiger partial charge in [-0.25, -0.2) is 9.37 Å². The maximum atomic E-state index is 13.6. The van der Waals surface area contributed by atoms with E-state index in [0.29, 0.717) is 17.9 Å². The first-order chi connectivity index (χ1) is 17.0. The molecule has 0 spiro atoms. The van der Waals surface area contributed by atoms with Crippen LogP contribution in [0.4, 0.5) is 4.39 Å². The number of benzene rings is 3. The Morgan fingerprint density at radius 2 is 1.94 bits per heavy atom. The Balaban J connectivity index is 1.48. The molecule has 0 amide bonds. The van der Waals surface area contributed by atoms with Crippen molar-refractivity contribution in [2.45, 2.75) is 18.8 Å². The summed E-state index contributed by atoms with van der Waals surface area (Å²) in [4.78, 5) is 16.0. The van der Waals surface area contributed by atoms with Crippen LogP contribution in [0.2, 0.25) is 0 Å². The number of hydrogen-bond acceptors (Lipinski definition) is 4. The number of carboxylic acids is 1. The molecule has 1 unspecified atom stereocenters. The van der Waals surface area contributed by atoms with E-state index in [1.807, 2.05) is 48.6 Å². The lowest BCUT2D eigenvalue weighted by Gasteiger charge is -2.20. The highest BCUT2D eigenvalue weighted by Gasteiger charge is 2.26. The van der Waals surface area contributed by atoms with Crippen molar-refractivity contribution in [3.63, 3.8) is 0 Å². The molecule has 4 aromatic rings. The lowest BCUT2D eigenvalue weighted by atomic mass is 9.98. The molecule has 1 aliphatic rings. The van der Waals surface area contributed by atoms with Crippen molar-refractivity contribution in [1.29, 1.82) is 0 Å². The first-order valence-electron chi connectivity index (χ1n) is 11.4. The maximum Gasteiger partial charge on any atom is 0.307 e. The molecule has 0 bridgehead atoms. The van der Waals surface area contributed by atoms with Crippen LogP contribution in [0, 0.1) is 11.7 Å². The Labute approximate surface area is 207 Å². The quantitative estimate of drug-likeness (QED) is 0.319. The van der Waals surface area contributed by atoms with Gasteiger partial charge in [0.1, 0.15) is 18.2 Å². The number of aromatic nitrogens is 1. The van der Waals surface area contributed by atoms with Crippen molar-refractivity contribution in [2.24, 2.45) is 5.92 Å². The van der Waals surface area contributed by atoms with Crippen LogP contribution in [0.1, 0.15) is 40.1 Å². The molecule has 0 radical (unpaired) electrons. The molecule has 176 valence electrons. The smallest absolute Gasteiger partial charge is 0.307 e. The molecule has 3 aromatic carbocycles. The zero-order chi connectivity index (χ0) is 24.4. The number of pyridine rings is 1. The van der Waals surface area contributed by atoms with E-state index in [0.717, 1.165) is 39.1 Å². The monoisotopic (exact) mass is 485 g/mol. The minimum Gasteiger partial charge on any atom is -0.489 e. The molecule has 1 aromatic heterocycles. The molecule has 1 N–H and O–H groups in total. The fourth-order valence-electron chi connectivity index (χ4n) is 4.12. The second kappa shape index (κ2) is 9.92. The van der Waals surface area contributed by atoms with Crippen molar-refractivity contribution in [1.82, 2.24) is 4.98 Å². The van der Waals surface area contributed by atoms with E-state index in [2.05, 4.69) is 23.2 Å². The van der Waals surface area contributed by atoms with E-state index in [4.69, 9.17) is 4.74 Å². The van der Waals surface area contributed by atoms with Crippen LogP contribution in [0.3, 0.4) is 0 Å². The number of rotatable bonds is 6. The van der Waals surface area contributed by atoms with Gasteiger partial charge in [-0.1, -0.05) is 49.4 Å². The second-order valence-electron chi connectivity index (χ2n) is 8.64. The van der Waals surface area contributed by atoms with Gasteiger partial charge in [0.05, 0.1) is 22.4 Å². The van der Waals surface area contributed by atoms with E-state index in [1.54, 1.807) is 24.8 Å². The predicted octanol–water partition coefficient (Wildman–Crippen LogP) is 6.98. The van der Waals surface area contributed by atoms with Crippen LogP contribution in [0.5, 0.6) is 5.75 Å². The highest BCUT2D eigenvalue weighted by molar-refractivity contribution is 7.99. The summed E-state index contributed by atoms with van der Waals surface area (Å²) in [7, 11) is 0. The van der Waals surface area contributed by atoms with Crippen molar-refractivity contribution in [3.8, 4) is 5.75 Å². The molecule has 6 heteroatoms. The van der Waals surface area contributed by atoms with Crippen LogP contribution in [0.15, 0.2) is 72.8 Å². The number of fused-ring (bicyclic) bond motifs is 3. The minimum atomic E-state index is -0.796. The van der Waals surface area contributed by atoms with E-state index in [1.165, 1.54) is 12.1 Å². The van der Waals surface area contributed by atoms with Gasteiger partial charge in [0.15, 0.2) is 0 Å². The van der Waals surface area contributed by atoms with Gasteiger partial charge in [0.2, 0.25) is 0 Å². The molecular formula is C29H24FNO3S. The Hall–Kier alpha value is -3.64. The summed E-state index contributed by atoms with van der Waals surface area (Å²) >= 11 is 1.63. The van der Waals surface area contributed by atoms with Gasteiger partial charge in [0, 0.05) is 22.8 Å². The molecule has 35 heavy (non-hydrogen) atoms. The van der Waals surface area contributed by atoms with Gasteiger partial charge in [-0.15, -0.1) is 11.8 Å². The maximum absolute atomic E-state index is 13.6. The lowest BCUT2D eigenvalue weighted by Crippen LogP contribution is -2.13. The van der Waals surface area contributed by atoms with Gasteiger partial charge in [0.25, 0.3) is 0 Å². The molecule has 0 aliphatic carbocycles. The lowest BCUT2D eigenvalue weighted by molar-refractivity contribution is -0.140. The number of aliphatic carboxylic acids is 1. The first kappa shape index (κ1) is 23.1. The molecule has 2 heterocycles. The van der Waals surface area contributed by atoms with E-state index in [9.17, 15) is 14.3 Å². The number of carbonyl (C=O) groups is 1. The summed E-state index contributed by atoms with van der Waals surface area (Å²) < 4.78 is 19.7. The molecule has 0 saturated heterocycles. The third-order valence-corrected chi connectivity index (χ3v) is 7.63. The van der Waals surface area contributed by atoms with Crippen LogP contribution >= 0.6 is 11.8 Å². The van der Waals surface area contributed by atoms with Crippen molar-refractivity contribution in [2.75, 3.05) is 5.75 Å². The first-order valence-corrected chi connectivity index (χ1v) is 12.5. The van der Waals surface area contributed by atoms with Gasteiger partial charge in [-0.2, -0.15) is 0 Å². The van der Waals surface area contributed by atoms with Crippen LogP contribution in [0.25, 0.3) is 23.1 Å². The summed E-state index contributed by atoms with van der Waals surface area (Å²) in [5.74, 6) is -0.260. The van der Waals surface area contributed by atoms with Crippen LogP contribution in [-0.2, 0) is 11.4 Å². The summed E-state index contributed by atoms with van der Waals surface area (Å²) in [6, 6.07) is 22.6. The molecule has 0 saturated carbocycles. The van der Waals surface area contributed by atoms with Crippen molar-refractivity contribution >= 4 is 40.8 Å². The topological polar surface area (TPSA) is 59.4 Å². The highest BCUT2D eigenvalue weighted by Crippen LogP contribution is 2.45. The Morgan fingerprint density at radius 1 is 1.11 bits per heavy atom. The largest absolute Gasteiger partial charge is 0.489 e.